The van der Waals surface area contributed by atoms with Gasteiger partial charge in [-0.2, -0.15) is 0 Å². The third-order valence-corrected chi connectivity index (χ3v) is 3.74. The summed E-state index contributed by atoms with van der Waals surface area (Å²) in [5.41, 5.74) is 1.98. The van der Waals surface area contributed by atoms with Crippen molar-refractivity contribution in [3.05, 3.63) is 70.5 Å². The Kier molecular flexibility index (Phi) is 5.57. The summed E-state index contributed by atoms with van der Waals surface area (Å²) in [6.07, 6.45) is 2.59. The lowest BCUT2D eigenvalue weighted by atomic mass is 9.99. The lowest BCUT2D eigenvalue weighted by Crippen LogP contribution is -2.28. The molecule has 20 heavy (non-hydrogen) atoms. The van der Waals surface area contributed by atoms with E-state index in [4.69, 9.17) is 11.6 Å². The maximum Gasteiger partial charge on any atom is 0.126 e. The molecule has 0 radical (unpaired) electrons. The van der Waals surface area contributed by atoms with Crippen LogP contribution in [0.15, 0.2) is 48.5 Å². The summed E-state index contributed by atoms with van der Waals surface area (Å²) in [4.78, 5) is 0. The van der Waals surface area contributed by atoms with Crippen molar-refractivity contribution in [2.75, 3.05) is 7.05 Å². The average Bonchev–Trinajstić information content (AvgIpc) is 2.48. The van der Waals surface area contributed by atoms with Gasteiger partial charge >= 0.3 is 0 Å². The number of hydrogen-bond acceptors (Lipinski definition) is 1. The number of likely N-dealkylation sites (N-methyl/N-ethyl adjacent to an activating group) is 1. The summed E-state index contributed by atoms with van der Waals surface area (Å²) in [7, 11) is 1.91. The predicted molar refractivity (Wildman–Crippen MR) is 82.7 cm³/mol. The lowest BCUT2D eigenvalue weighted by Gasteiger charge is -2.17. The van der Waals surface area contributed by atoms with Gasteiger partial charge in [-0.15, -0.1) is 0 Å². The first-order valence-electron chi connectivity index (χ1n) is 6.84. The monoisotopic (exact) mass is 291 g/mol. The van der Waals surface area contributed by atoms with Crippen LogP contribution in [-0.2, 0) is 12.8 Å². The van der Waals surface area contributed by atoms with Gasteiger partial charge in [0.15, 0.2) is 0 Å². The average molecular weight is 292 g/mol. The molecule has 0 amide bonds. The molecule has 3 heteroatoms. The Labute approximate surface area is 124 Å². The van der Waals surface area contributed by atoms with Crippen LogP contribution in [0.25, 0.3) is 0 Å². The van der Waals surface area contributed by atoms with Gasteiger partial charge in [0.05, 0.1) is 0 Å². The molecule has 0 saturated heterocycles. The van der Waals surface area contributed by atoms with Gasteiger partial charge in [0.1, 0.15) is 5.82 Å². The van der Waals surface area contributed by atoms with Crippen molar-refractivity contribution in [2.24, 2.45) is 0 Å². The Morgan fingerprint density at radius 2 is 1.90 bits per heavy atom. The highest BCUT2D eigenvalue weighted by Gasteiger charge is 2.11. The number of rotatable bonds is 6. The Morgan fingerprint density at radius 1 is 1.15 bits per heavy atom. The highest BCUT2D eigenvalue weighted by Crippen LogP contribution is 2.18. The molecule has 0 fully saturated rings. The van der Waals surface area contributed by atoms with Crippen LogP contribution in [0, 0.1) is 5.82 Å². The third kappa shape index (κ3) is 4.32. The van der Waals surface area contributed by atoms with E-state index in [1.54, 1.807) is 12.1 Å². The van der Waals surface area contributed by atoms with Crippen molar-refractivity contribution in [3.8, 4) is 0 Å². The Balaban J connectivity index is 1.97. The van der Waals surface area contributed by atoms with E-state index < -0.39 is 0 Å². The summed E-state index contributed by atoms with van der Waals surface area (Å²) in [6.45, 7) is 0. The molecule has 0 aliphatic rings. The van der Waals surface area contributed by atoms with E-state index in [-0.39, 0.29) is 11.9 Å². The topological polar surface area (TPSA) is 12.0 Å². The Morgan fingerprint density at radius 3 is 2.60 bits per heavy atom. The van der Waals surface area contributed by atoms with Gasteiger partial charge in [-0.3, -0.25) is 0 Å². The van der Waals surface area contributed by atoms with E-state index in [0.29, 0.717) is 17.0 Å². The zero-order valence-corrected chi connectivity index (χ0v) is 12.3. The fourth-order valence-electron chi connectivity index (χ4n) is 2.30. The molecule has 1 nitrogen and oxygen atoms in total. The molecule has 0 saturated carbocycles. The second-order valence-corrected chi connectivity index (χ2v) is 5.39. The molecule has 0 aliphatic heterocycles. The maximum absolute atomic E-state index is 13.7. The highest BCUT2D eigenvalue weighted by atomic mass is 35.5. The molecule has 106 valence electrons. The van der Waals surface area contributed by atoms with Gasteiger partial charge in [0.2, 0.25) is 0 Å². The van der Waals surface area contributed by atoms with E-state index in [1.807, 2.05) is 25.2 Å². The molecule has 1 N–H and O–H groups in total. The third-order valence-electron chi connectivity index (χ3n) is 3.51. The van der Waals surface area contributed by atoms with E-state index in [2.05, 4.69) is 17.4 Å². The fraction of sp³-hybridized carbons (Fsp3) is 0.294. The summed E-state index contributed by atoms with van der Waals surface area (Å²) in [5, 5.41) is 3.84. The largest absolute Gasteiger partial charge is 0.317 e. The smallest absolute Gasteiger partial charge is 0.126 e. The Hall–Kier alpha value is -1.38. The predicted octanol–water partition coefficient (Wildman–Crippen LogP) is 4.24. The molecule has 1 unspecified atom stereocenters. The van der Waals surface area contributed by atoms with Crippen LogP contribution in [0.5, 0.6) is 0 Å². The van der Waals surface area contributed by atoms with E-state index >= 15 is 0 Å². The molecule has 0 spiro atoms. The number of benzene rings is 2. The van der Waals surface area contributed by atoms with E-state index in [0.717, 1.165) is 12.8 Å². The van der Waals surface area contributed by atoms with Gasteiger partial charge in [-0.05, 0) is 55.6 Å². The Bertz CT molecular complexity index is 542. The van der Waals surface area contributed by atoms with Crippen LogP contribution in [-0.4, -0.2) is 13.1 Å². The van der Waals surface area contributed by atoms with Gasteiger partial charge < -0.3 is 5.32 Å². The number of hydrogen-bond donors (Lipinski definition) is 1. The summed E-state index contributed by atoms with van der Waals surface area (Å²) in [5.74, 6) is -0.186. The van der Waals surface area contributed by atoms with Crippen LogP contribution >= 0.6 is 11.6 Å². The highest BCUT2D eigenvalue weighted by molar-refractivity contribution is 6.30. The van der Waals surface area contributed by atoms with Crippen LogP contribution in [0.4, 0.5) is 4.39 Å². The normalized spacial score (nSPS) is 12.3. The standard InChI is InChI=1S/C17H19ClFN/c1-20-16(9-7-13-5-3-2-4-6-13)12-14-11-15(18)8-10-17(14)19/h2-6,8,10-11,16,20H,7,9,12H2,1H3. The lowest BCUT2D eigenvalue weighted by molar-refractivity contribution is 0.504. The van der Waals surface area contributed by atoms with Crippen molar-refractivity contribution in [1.82, 2.24) is 5.32 Å². The summed E-state index contributed by atoms with van der Waals surface area (Å²) in [6, 6.07) is 15.3. The number of halogens is 2. The maximum atomic E-state index is 13.7. The molecule has 0 heterocycles. The molecule has 0 bridgehead atoms. The SMILES string of the molecule is CNC(CCc1ccccc1)Cc1cc(Cl)ccc1F. The second-order valence-electron chi connectivity index (χ2n) is 4.95. The van der Waals surface area contributed by atoms with E-state index in [1.165, 1.54) is 11.6 Å². The first-order chi connectivity index (χ1) is 9.69. The van der Waals surface area contributed by atoms with Crippen LogP contribution in [0.1, 0.15) is 17.5 Å². The van der Waals surface area contributed by atoms with Gasteiger partial charge in [-0.1, -0.05) is 41.9 Å². The number of nitrogens with one attached hydrogen (secondary N) is 1. The first-order valence-corrected chi connectivity index (χ1v) is 7.22. The number of aryl methyl sites for hydroxylation is 1. The van der Waals surface area contributed by atoms with Crippen molar-refractivity contribution >= 4 is 11.6 Å². The zero-order chi connectivity index (χ0) is 14.4. The zero-order valence-electron chi connectivity index (χ0n) is 11.6. The molecule has 2 aromatic rings. The first kappa shape index (κ1) is 15.0. The minimum absolute atomic E-state index is 0.186. The molecular formula is C17H19ClFN. The van der Waals surface area contributed by atoms with Crippen molar-refractivity contribution < 1.29 is 4.39 Å². The van der Waals surface area contributed by atoms with Gasteiger partial charge in [-0.25, -0.2) is 4.39 Å². The molecule has 2 rings (SSSR count). The van der Waals surface area contributed by atoms with Gasteiger partial charge in [0, 0.05) is 11.1 Å². The van der Waals surface area contributed by atoms with Crippen molar-refractivity contribution in [3.63, 3.8) is 0 Å². The van der Waals surface area contributed by atoms with Crippen molar-refractivity contribution in [1.29, 1.82) is 0 Å². The molecule has 0 aromatic heterocycles. The van der Waals surface area contributed by atoms with Gasteiger partial charge in [0.25, 0.3) is 0 Å². The quantitative estimate of drug-likeness (QED) is 0.839. The summed E-state index contributed by atoms with van der Waals surface area (Å²) >= 11 is 5.93. The minimum atomic E-state index is -0.186. The molecule has 1 atom stereocenters. The molecular weight excluding hydrogens is 273 g/mol. The summed E-state index contributed by atoms with van der Waals surface area (Å²) < 4.78 is 13.7. The second kappa shape index (κ2) is 7.41. The van der Waals surface area contributed by atoms with Crippen LogP contribution in [0.2, 0.25) is 5.02 Å². The minimum Gasteiger partial charge on any atom is -0.317 e. The molecule has 2 aromatic carbocycles. The fourth-order valence-corrected chi connectivity index (χ4v) is 2.49. The van der Waals surface area contributed by atoms with Crippen LogP contribution < -0.4 is 5.32 Å². The van der Waals surface area contributed by atoms with E-state index in [9.17, 15) is 4.39 Å². The van der Waals surface area contributed by atoms with Crippen molar-refractivity contribution in [2.45, 2.75) is 25.3 Å². The molecule has 0 aliphatic carbocycles. The van der Waals surface area contributed by atoms with Crippen LogP contribution in [0.3, 0.4) is 0 Å².